The fourth-order valence-electron chi connectivity index (χ4n) is 10.4. The van der Waals surface area contributed by atoms with Gasteiger partial charge in [0.05, 0.1) is 0 Å². The molecular weight excluding hydrogens is 737 g/mol. The molecule has 0 unspecified atom stereocenters. The maximum Gasteiger partial charge on any atom is 0.0434 e. The first-order valence-electron chi connectivity index (χ1n) is 20.5. The highest BCUT2D eigenvalue weighted by atomic mass is 32.1. The summed E-state index contributed by atoms with van der Waals surface area (Å²) in [6.07, 6.45) is 0. The molecule has 0 saturated carbocycles. The molecule has 12 rings (SSSR count). The molecule has 0 nitrogen and oxygen atoms in total. The van der Waals surface area contributed by atoms with Gasteiger partial charge >= 0.3 is 0 Å². The molecule has 0 bridgehead atoms. The van der Waals surface area contributed by atoms with Crippen LogP contribution in [-0.2, 0) is 10.8 Å². The van der Waals surface area contributed by atoms with E-state index in [1.54, 1.807) is 0 Å². The Morgan fingerprint density at radius 1 is 0.310 bits per heavy atom. The summed E-state index contributed by atoms with van der Waals surface area (Å²) in [5.74, 6) is 0. The average Bonchev–Trinajstić information content (AvgIpc) is 3.77. The smallest absolute Gasteiger partial charge is 0.0434 e. The Kier molecular flexibility index (Phi) is 7.02. The standard InChI is InChI=1S/C56H42S2/c1-55(2,3)49-35-23-15-13-21-33(35)25-41-43-29-39-38(32-19-11-8-12-20-32)28-46-48-40(37(31-17-9-7-10-18-31)27-45(47(39)48)51(43)57-53(41)49)30-44-42-26-34-22-14-16-24-36(34)50(56(4,5)6)54(42)58-52(44)46/h7-30H,1-6H3. The normalized spacial score (nSPS) is 13.0. The van der Waals surface area contributed by atoms with Crippen LogP contribution in [0.15, 0.2) is 146 Å². The van der Waals surface area contributed by atoms with E-state index in [4.69, 9.17) is 0 Å². The van der Waals surface area contributed by atoms with Crippen LogP contribution in [0.25, 0.3) is 116 Å². The van der Waals surface area contributed by atoms with Gasteiger partial charge in [-0.3, -0.25) is 0 Å². The van der Waals surface area contributed by atoms with E-state index in [2.05, 4.69) is 187 Å². The molecule has 0 aliphatic rings. The molecule has 12 aromatic rings. The first kappa shape index (κ1) is 34.3. The lowest BCUT2D eigenvalue weighted by molar-refractivity contribution is 0.602. The molecular formula is C56H42S2. The number of thiophene rings is 2. The molecule has 58 heavy (non-hydrogen) atoms. The Bertz CT molecular complexity index is 3410. The van der Waals surface area contributed by atoms with Crippen LogP contribution in [0.2, 0.25) is 0 Å². The number of rotatable bonds is 2. The minimum absolute atomic E-state index is 0.0275. The van der Waals surface area contributed by atoms with Crippen LogP contribution in [0.5, 0.6) is 0 Å². The summed E-state index contributed by atoms with van der Waals surface area (Å²) in [4.78, 5) is 0. The monoisotopic (exact) mass is 778 g/mol. The van der Waals surface area contributed by atoms with Crippen molar-refractivity contribution >= 4 is 117 Å². The maximum atomic E-state index is 2.56. The summed E-state index contributed by atoms with van der Waals surface area (Å²) in [5, 5.41) is 18.9. The zero-order valence-corrected chi connectivity index (χ0v) is 35.3. The minimum atomic E-state index is -0.0275. The lowest BCUT2D eigenvalue weighted by Gasteiger charge is -2.22. The van der Waals surface area contributed by atoms with E-state index in [0.29, 0.717) is 0 Å². The van der Waals surface area contributed by atoms with Gasteiger partial charge < -0.3 is 0 Å². The Hall–Kier alpha value is -5.80. The third kappa shape index (κ3) is 4.73. The van der Waals surface area contributed by atoms with Crippen LogP contribution in [0.1, 0.15) is 52.7 Å². The van der Waals surface area contributed by atoms with Crippen molar-refractivity contribution in [3.63, 3.8) is 0 Å². The van der Waals surface area contributed by atoms with E-state index in [-0.39, 0.29) is 10.8 Å². The summed E-state index contributed by atoms with van der Waals surface area (Å²) in [7, 11) is 0. The second-order valence-corrected chi connectivity index (χ2v) is 20.5. The summed E-state index contributed by atoms with van der Waals surface area (Å²) in [6.45, 7) is 14.3. The summed E-state index contributed by atoms with van der Waals surface area (Å²) in [6, 6.07) is 55.4. The lowest BCUT2D eigenvalue weighted by Crippen LogP contribution is -2.11. The van der Waals surface area contributed by atoms with Crippen molar-refractivity contribution < 1.29 is 0 Å². The molecule has 2 heterocycles. The number of fused-ring (bicyclic) bond motifs is 10. The van der Waals surface area contributed by atoms with Crippen molar-refractivity contribution in [1.82, 2.24) is 0 Å². The summed E-state index contributed by atoms with van der Waals surface area (Å²) >= 11 is 4.01. The Morgan fingerprint density at radius 3 is 1.07 bits per heavy atom. The zero-order valence-electron chi connectivity index (χ0n) is 33.7. The lowest BCUT2D eigenvalue weighted by atomic mass is 9.81. The van der Waals surface area contributed by atoms with E-state index >= 15 is 0 Å². The average molecular weight is 779 g/mol. The van der Waals surface area contributed by atoms with E-state index in [1.165, 1.54) is 128 Å². The van der Waals surface area contributed by atoms with E-state index in [9.17, 15) is 0 Å². The van der Waals surface area contributed by atoms with Crippen LogP contribution in [0, 0.1) is 0 Å². The molecule has 10 aromatic carbocycles. The molecule has 0 aliphatic carbocycles. The van der Waals surface area contributed by atoms with Gasteiger partial charge in [0.1, 0.15) is 0 Å². The maximum absolute atomic E-state index is 2.56. The van der Waals surface area contributed by atoms with Crippen molar-refractivity contribution in [3.05, 3.63) is 157 Å². The van der Waals surface area contributed by atoms with Gasteiger partial charge in [0.2, 0.25) is 0 Å². The van der Waals surface area contributed by atoms with Crippen molar-refractivity contribution in [2.75, 3.05) is 0 Å². The van der Waals surface area contributed by atoms with Crippen LogP contribution in [-0.4, -0.2) is 0 Å². The van der Waals surface area contributed by atoms with Gasteiger partial charge in [-0.15, -0.1) is 22.7 Å². The highest BCUT2D eigenvalue weighted by Gasteiger charge is 2.28. The Morgan fingerprint density at radius 2 is 0.672 bits per heavy atom. The van der Waals surface area contributed by atoms with E-state index in [0.717, 1.165) is 0 Å². The molecule has 278 valence electrons. The molecule has 0 radical (unpaired) electrons. The van der Waals surface area contributed by atoms with Crippen LogP contribution < -0.4 is 0 Å². The SMILES string of the molecule is CC(C)(C)c1c2ccccc2cc2c1sc1c2cc2c(-c3ccccc3)cc3c4sc5c(C(C)(C)C)c6ccccc6cc5c4cc4c(-c5ccccc5)cc1c2c43. The predicted molar refractivity (Wildman–Crippen MR) is 259 cm³/mol. The van der Waals surface area contributed by atoms with Crippen LogP contribution in [0.4, 0.5) is 0 Å². The van der Waals surface area contributed by atoms with Crippen molar-refractivity contribution in [1.29, 1.82) is 0 Å². The van der Waals surface area contributed by atoms with Gasteiger partial charge in [0.25, 0.3) is 0 Å². The van der Waals surface area contributed by atoms with Gasteiger partial charge in [0, 0.05) is 51.1 Å². The molecule has 0 fully saturated rings. The van der Waals surface area contributed by atoms with Gasteiger partial charge in [-0.2, -0.15) is 0 Å². The first-order valence-corrected chi connectivity index (χ1v) is 22.1. The molecule has 0 amide bonds. The quantitative estimate of drug-likeness (QED) is 0.153. The summed E-state index contributed by atoms with van der Waals surface area (Å²) in [5.41, 5.74) is 7.96. The van der Waals surface area contributed by atoms with Gasteiger partial charge in [0.15, 0.2) is 0 Å². The molecule has 0 saturated heterocycles. The fourth-order valence-corrected chi connectivity index (χ4v) is 13.5. The van der Waals surface area contributed by atoms with Crippen LogP contribution >= 0.6 is 22.7 Å². The Labute approximate surface area is 346 Å². The topological polar surface area (TPSA) is 0 Å². The predicted octanol–water partition coefficient (Wildman–Crippen LogP) is 17.6. The van der Waals surface area contributed by atoms with Crippen molar-refractivity contribution in [2.24, 2.45) is 0 Å². The molecule has 2 aromatic heterocycles. The molecule has 0 aliphatic heterocycles. The third-order valence-electron chi connectivity index (χ3n) is 12.7. The number of benzene rings is 10. The largest absolute Gasteiger partial charge is 0.134 e. The molecule has 0 N–H and O–H groups in total. The second kappa shape index (κ2) is 11.9. The zero-order chi connectivity index (χ0) is 39.2. The first-order chi connectivity index (χ1) is 28.0. The fraction of sp³-hybridized carbons (Fsp3) is 0.143. The summed E-state index contributed by atoms with van der Waals surface area (Å²) < 4.78 is 5.58. The van der Waals surface area contributed by atoms with Crippen molar-refractivity contribution in [2.45, 2.75) is 52.4 Å². The molecule has 2 heteroatoms. The second-order valence-electron chi connectivity index (χ2n) is 18.4. The molecule has 0 atom stereocenters. The third-order valence-corrected chi connectivity index (χ3v) is 15.2. The van der Waals surface area contributed by atoms with Gasteiger partial charge in [-0.1, -0.05) is 151 Å². The highest BCUT2D eigenvalue weighted by molar-refractivity contribution is 7.27. The van der Waals surface area contributed by atoms with E-state index < -0.39 is 0 Å². The van der Waals surface area contributed by atoms with E-state index in [1.807, 2.05) is 22.7 Å². The minimum Gasteiger partial charge on any atom is -0.134 e. The number of hydrogen-bond donors (Lipinski definition) is 0. The highest BCUT2D eigenvalue weighted by Crippen LogP contribution is 2.55. The number of hydrogen-bond acceptors (Lipinski definition) is 2. The van der Waals surface area contributed by atoms with Crippen molar-refractivity contribution in [3.8, 4) is 22.3 Å². The molecule has 0 spiro atoms. The Balaban J connectivity index is 1.36. The van der Waals surface area contributed by atoms with Crippen LogP contribution in [0.3, 0.4) is 0 Å². The van der Waals surface area contributed by atoms with Gasteiger partial charge in [-0.05, 0) is 124 Å². The van der Waals surface area contributed by atoms with Gasteiger partial charge in [-0.25, -0.2) is 0 Å².